The summed E-state index contributed by atoms with van der Waals surface area (Å²) in [7, 11) is 0. The smallest absolute Gasteiger partial charge is 0.0439 e. The van der Waals surface area contributed by atoms with Crippen LogP contribution in [0.5, 0.6) is 0 Å². The Bertz CT molecular complexity index is 5250. The van der Waals surface area contributed by atoms with Gasteiger partial charge < -0.3 is 0 Å². The third-order valence-electron chi connectivity index (χ3n) is 20.9. The van der Waals surface area contributed by atoms with Crippen molar-refractivity contribution in [2.45, 2.75) is 54.8 Å². The normalized spacial score (nSPS) is 15.2. The zero-order valence-electron chi connectivity index (χ0n) is 44.1. The number of rotatable bonds is 6. The van der Waals surface area contributed by atoms with Crippen molar-refractivity contribution in [3.8, 4) is 107 Å². The maximum Gasteiger partial charge on any atom is 0.0439 e. The maximum absolute atomic E-state index is 6.59. The lowest BCUT2D eigenvalue weighted by atomic mass is 9.66. The first-order valence-electron chi connectivity index (χ1n) is 28.2. The van der Waals surface area contributed by atoms with Crippen LogP contribution >= 0.6 is 0 Å². The van der Waals surface area contributed by atoms with Gasteiger partial charge in [0.15, 0.2) is 0 Å². The van der Waals surface area contributed by atoms with Crippen LogP contribution in [-0.2, 0) is 16.2 Å². The average Bonchev–Trinajstić information content (AvgIpc) is 2.59. The molecule has 0 radical (unpaired) electrons. The zero-order valence-corrected chi connectivity index (χ0v) is 44.1. The number of fused-ring (bicyclic) bond motifs is 18. The van der Waals surface area contributed by atoms with Crippen LogP contribution in [0.3, 0.4) is 0 Å². The van der Waals surface area contributed by atoms with E-state index in [4.69, 9.17) is 38.5 Å². The first-order valence-corrected chi connectivity index (χ1v) is 28.2. The molecule has 81 heavy (non-hydrogen) atoms. The molecule has 0 fully saturated rings. The first kappa shape index (κ1) is 43.5. The molecule has 0 heterocycles. The summed E-state index contributed by atoms with van der Waals surface area (Å²) in [4.78, 5) is 0. The van der Waals surface area contributed by atoms with Crippen LogP contribution < -0.4 is 0 Å². The Morgan fingerprint density at radius 3 is 0.741 bits per heavy atom. The minimum atomic E-state index is -0.635. The molecule has 3 aliphatic rings. The van der Waals surface area contributed by atoms with Crippen molar-refractivity contribution in [3.63, 3.8) is 0 Å². The molecule has 0 nitrogen and oxygen atoms in total. The summed E-state index contributed by atoms with van der Waals surface area (Å²) >= 11 is 0. The van der Waals surface area contributed by atoms with Gasteiger partial charge in [-0.2, -0.15) is 0 Å². The lowest BCUT2D eigenvalue weighted by Gasteiger charge is -2.35. The quantitative estimate of drug-likeness (QED) is 0.0885. The zero-order chi connectivity index (χ0) is 53.7. The molecule has 366 valence electrons. The molecule has 0 aromatic heterocycles. The van der Waals surface area contributed by atoms with E-state index in [0.717, 1.165) is 0 Å². The van der Waals surface area contributed by atoms with Crippen molar-refractivity contribution >= 4 is 129 Å². The molecule has 0 bridgehead atoms. The van der Waals surface area contributed by atoms with E-state index < -0.39 is 16.2 Å². The van der Waals surface area contributed by atoms with Crippen molar-refractivity contribution in [2.75, 3.05) is 0 Å². The molecular weight excluding hydrogens is 973 g/mol. The second kappa shape index (κ2) is 14.2. The van der Waals surface area contributed by atoms with E-state index in [1.165, 1.54) is 196 Å². The predicted octanol–water partition coefficient (Wildman–Crippen LogP) is 19.1. The molecule has 3 aliphatic carbocycles. The highest BCUT2D eigenvalue weighted by molar-refractivity contribution is 6.62. The molecule has 0 aliphatic heterocycles. The van der Waals surface area contributed by atoms with Crippen molar-refractivity contribution in [1.29, 1.82) is 0 Å². The SMILES string of the molecule is C#CCC1(CC#C)c2ccccc2-c2cc3c4cccc5c6c7c(cc8c9cccc%10c%11c%12c(cc%13c%14cccc%15c(c21)c3c1c(c45)c(c86)c(c9%10)c(c%13%11)c1c%14%15)-c1ccccc1C%12(CC#C)CC#C)-c1ccccc1C7(CC#C)CC#C. The molecule has 0 amide bonds. The van der Waals surface area contributed by atoms with Gasteiger partial charge >= 0.3 is 0 Å². The van der Waals surface area contributed by atoms with E-state index >= 15 is 0 Å². The van der Waals surface area contributed by atoms with Gasteiger partial charge in [0.2, 0.25) is 0 Å². The van der Waals surface area contributed by atoms with E-state index in [2.05, 4.69) is 181 Å². The highest BCUT2D eigenvalue weighted by atomic mass is 14.5. The highest BCUT2D eigenvalue weighted by Gasteiger charge is 2.49. The van der Waals surface area contributed by atoms with E-state index in [0.29, 0.717) is 38.5 Å². The fourth-order valence-corrected chi connectivity index (χ4v) is 18.6. The summed E-state index contributed by atoms with van der Waals surface area (Å²) in [5.74, 6) is 19.2. The number of terminal acetylenes is 6. The van der Waals surface area contributed by atoms with Crippen molar-refractivity contribution < 1.29 is 0 Å². The number of benzene rings is 16. The van der Waals surface area contributed by atoms with Crippen LogP contribution in [0, 0.1) is 74.1 Å². The molecule has 0 spiro atoms. The third kappa shape index (κ3) is 4.40. The summed E-state index contributed by atoms with van der Waals surface area (Å²) in [5.41, 5.74) is 12.6. The van der Waals surface area contributed by atoms with Gasteiger partial charge in [0.25, 0.3) is 0 Å². The van der Waals surface area contributed by atoms with E-state index in [9.17, 15) is 0 Å². The first-order chi connectivity index (χ1) is 39.9. The standard InChI is InChI=1S/C81H42/c1-7-34-79(35-8-2)58-31-16-13-22-43(58)55-40-52-46-26-20-29-50-62(46)71-73-64(52)67(76(55)79)49-28-19-25-47-53-41-56-44-23-14-17-32-59(44)80(36-9-3,37-10-4)77(56)69-51-30-21-27-48-54-42-57-45-24-15-18-33-60(45)81(38-11-5,39-12-6)78(57)68(50)66(54)75(71)72(63(48)51)74(65(53)69)70(73)61(47)49/h1-6,13-33,40-42H,34-39H2. The van der Waals surface area contributed by atoms with Gasteiger partial charge in [0, 0.05) is 54.8 Å². The molecule has 16 aromatic rings. The number of hydrogen-bond donors (Lipinski definition) is 0. The van der Waals surface area contributed by atoms with Crippen LogP contribution in [0.4, 0.5) is 0 Å². The molecule has 19 rings (SSSR count). The van der Waals surface area contributed by atoms with Crippen LogP contribution in [0.15, 0.2) is 146 Å². The predicted molar refractivity (Wildman–Crippen MR) is 343 cm³/mol. The van der Waals surface area contributed by atoms with Crippen LogP contribution in [0.2, 0.25) is 0 Å². The van der Waals surface area contributed by atoms with Gasteiger partial charge in [0.1, 0.15) is 0 Å². The second-order valence-corrected chi connectivity index (χ2v) is 23.9. The minimum Gasteiger partial charge on any atom is -0.120 e. The highest BCUT2D eigenvalue weighted by Crippen LogP contribution is 2.68. The minimum absolute atomic E-state index is 0.466. The summed E-state index contributed by atoms with van der Waals surface area (Å²) in [6.07, 6.45) is 42.3. The molecule has 0 N–H and O–H groups in total. The van der Waals surface area contributed by atoms with Crippen molar-refractivity contribution in [3.05, 3.63) is 179 Å². The van der Waals surface area contributed by atoms with Gasteiger partial charge in [-0.3, -0.25) is 0 Å². The molecule has 0 saturated heterocycles. The van der Waals surface area contributed by atoms with Crippen LogP contribution in [-0.4, -0.2) is 0 Å². The Kier molecular flexibility index (Phi) is 7.65. The Labute approximate surface area is 467 Å². The fourth-order valence-electron chi connectivity index (χ4n) is 18.6. The monoisotopic (exact) mass is 1010 g/mol. The van der Waals surface area contributed by atoms with E-state index in [1.807, 2.05) is 0 Å². The van der Waals surface area contributed by atoms with Gasteiger partial charge in [0.05, 0.1) is 0 Å². The van der Waals surface area contributed by atoms with Gasteiger partial charge in [-0.25, -0.2) is 0 Å². The summed E-state index contributed by atoms with van der Waals surface area (Å²) in [6.45, 7) is 0. The Morgan fingerprint density at radius 1 is 0.222 bits per heavy atom. The Hall–Kier alpha value is -10.4. The molecular formula is C81H42. The van der Waals surface area contributed by atoms with Crippen molar-refractivity contribution in [2.24, 2.45) is 0 Å². The lowest BCUT2D eigenvalue weighted by molar-refractivity contribution is 0.565. The maximum atomic E-state index is 6.59. The third-order valence-corrected chi connectivity index (χ3v) is 20.9. The summed E-state index contributed by atoms with van der Waals surface area (Å²) in [5, 5.41) is 30.2. The van der Waals surface area contributed by atoms with Gasteiger partial charge in [-0.1, -0.05) is 127 Å². The average molecular weight is 1020 g/mol. The number of hydrogen-bond acceptors (Lipinski definition) is 0. The van der Waals surface area contributed by atoms with Gasteiger partial charge in [-0.05, 0) is 214 Å². The molecule has 16 aromatic carbocycles. The van der Waals surface area contributed by atoms with Gasteiger partial charge in [-0.15, -0.1) is 74.1 Å². The molecule has 0 saturated carbocycles. The van der Waals surface area contributed by atoms with E-state index in [1.54, 1.807) is 0 Å². The Balaban J connectivity index is 1.19. The summed E-state index contributed by atoms with van der Waals surface area (Å²) in [6, 6.07) is 55.5. The van der Waals surface area contributed by atoms with Crippen LogP contribution in [0.1, 0.15) is 71.9 Å². The molecule has 0 heteroatoms. The lowest BCUT2D eigenvalue weighted by Crippen LogP contribution is -2.25. The Morgan fingerprint density at radius 2 is 0.469 bits per heavy atom. The van der Waals surface area contributed by atoms with Crippen molar-refractivity contribution in [1.82, 2.24) is 0 Å². The van der Waals surface area contributed by atoms with Crippen LogP contribution in [0.25, 0.3) is 163 Å². The topological polar surface area (TPSA) is 0 Å². The fraction of sp³-hybridized carbons (Fsp3) is 0.111. The largest absolute Gasteiger partial charge is 0.120 e. The van der Waals surface area contributed by atoms with E-state index in [-0.39, 0.29) is 0 Å². The summed E-state index contributed by atoms with van der Waals surface area (Å²) < 4.78 is 0. The second-order valence-electron chi connectivity index (χ2n) is 23.9. The molecule has 0 atom stereocenters. The molecule has 0 unspecified atom stereocenters.